The van der Waals surface area contributed by atoms with E-state index in [-0.39, 0.29) is 0 Å². The normalized spacial score (nSPS) is 21.1. The molecule has 1 atom stereocenters. The van der Waals surface area contributed by atoms with E-state index in [1.165, 1.54) is 6.92 Å². The fourth-order valence-corrected chi connectivity index (χ4v) is 2.66. The van der Waals surface area contributed by atoms with Gasteiger partial charge in [0.15, 0.2) is 0 Å². The van der Waals surface area contributed by atoms with Crippen molar-refractivity contribution in [3.63, 3.8) is 0 Å². The van der Waals surface area contributed by atoms with Gasteiger partial charge in [-0.05, 0) is 19.8 Å². The van der Waals surface area contributed by atoms with E-state index in [4.69, 9.17) is 10.8 Å². The maximum Gasteiger partial charge on any atom is 0.315 e. The first-order chi connectivity index (χ1) is 7.42. The smallest absolute Gasteiger partial charge is 0.315 e. The third-order valence-corrected chi connectivity index (χ3v) is 3.44. The fourth-order valence-electron chi connectivity index (χ4n) is 2.66. The van der Waals surface area contributed by atoms with Crippen LogP contribution in [0, 0.1) is 11.3 Å². The van der Waals surface area contributed by atoms with Crippen LogP contribution in [0.15, 0.2) is 0 Å². The number of amides is 1. The van der Waals surface area contributed by atoms with Crippen molar-refractivity contribution >= 4 is 17.7 Å². The van der Waals surface area contributed by atoms with Crippen LogP contribution in [0.5, 0.6) is 0 Å². The Balaban J connectivity index is 3.12. The van der Waals surface area contributed by atoms with Crippen LogP contribution in [0.25, 0.3) is 0 Å². The molecule has 0 bridgehead atoms. The second kappa shape index (κ2) is 4.63. The van der Waals surface area contributed by atoms with Gasteiger partial charge in [0.05, 0.1) is 5.41 Å². The van der Waals surface area contributed by atoms with Gasteiger partial charge in [-0.25, -0.2) is 0 Å². The monoisotopic (exact) mass is 227 g/mol. The highest BCUT2D eigenvalue weighted by Gasteiger charge is 2.50. The zero-order valence-electron chi connectivity index (χ0n) is 9.36. The first kappa shape index (κ1) is 12.7. The topological polar surface area (TPSA) is 97.5 Å². The number of carbonyl (C=O) groups excluding carboxylic acids is 2. The van der Waals surface area contributed by atoms with E-state index >= 15 is 0 Å². The molecule has 0 aromatic heterocycles. The molecule has 0 saturated heterocycles. The maximum absolute atomic E-state index is 11.5. The summed E-state index contributed by atoms with van der Waals surface area (Å²) in [6.07, 6.45) is 3.26. The molecule has 3 N–H and O–H groups in total. The summed E-state index contributed by atoms with van der Waals surface area (Å²) < 4.78 is 0. The predicted molar refractivity (Wildman–Crippen MR) is 56.5 cm³/mol. The summed E-state index contributed by atoms with van der Waals surface area (Å²) in [5.74, 6) is -3.68. The number of primary amides is 1. The number of carboxylic acid groups (broad SMARTS) is 1. The molecule has 0 aliphatic heterocycles. The Morgan fingerprint density at radius 2 is 1.69 bits per heavy atom. The Bertz CT molecular complexity index is 304. The zero-order chi connectivity index (χ0) is 12.3. The highest BCUT2D eigenvalue weighted by molar-refractivity contribution is 6.03. The Kier molecular flexibility index (Phi) is 3.67. The molecule has 5 nitrogen and oxygen atoms in total. The lowest BCUT2D eigenvalue weighted by molar-refractivity contribution is -0.158. The lowest BCUT2D eigenvalue weighted by Crippen LogP contribution is -2.50. The van der Waals surface area contributed by atoms with Crippen molar-refractivity contribution in [3.8, 4) is 0 Å². The lowest BCUT2D eigenvalue weighted by Gasteiger charge is -2.37. The van der Waals surface area contributed by atoms with Crippen LogP contribution >= 0.6 is 0 Å². The maximum atomic E-state index is 11.5. The first-order valence-electron chi connectivity index (χ1n) is 5.45. The van der Waals surface area contributed by atoms with E-state index in [9.17, 15) is 14.4 Å². The van der Waals surface area contributed by atoms with Crippen LogP contribution in [-0.2, 0) is 14.4 Å². The minimum atomic E-state index is -1.29. The molecule has 0 aromatic carbocycles. The summed E-state index contributed by atoms with van der Waals surface area (Å²) in [5.41, 5.74) is 4.15. The van der Waals surface area contributed by atoms with Crippen LogP contribution < -0.4 is 5.73 Å². The average molecular weight is 227 g/mol. The van der Waals surface area contributed by atoms with Gasteiger partial charge in [-0.1, -0.05) is 19.3 Å². The Morgan fingerprint density at radius 3 is 2.00 bits per heavy atom. The Morgan fingerprint density at radius 1 is 1.19 bits per heavy atom. The second-order valence-corrected chi connectivity index (χ2v) is 4.46. The molecule has 1 fully saturated rings. The molecular weight excluding hydrogens is 210 g/mol. The number of hydrogen-bond donors (Lipinski definition) is 2. The van der Waals surface area contributed by atoms with Gasteiger partial charge in [-0.15, -0.1) is 0 Å². The second-order valence-electron chi connectivity index (χ2n) is 4.46. The molecular formula is C11H17NO4. The number of Topliss-reactive ketones (excluding diaryl/α,β-unsaturated/α-hetero) is 1. The summed E-state index contributed by atoms with van der Waals surface area (Å²) in [4.78, 5) is 34.1. The number of hydrogen-bond acceptors (Lipinski definition) is 3. The Labute approximate surface area is 94.0 Å². The molecule has 0 radical (unpaired) electrons. The largest absolute Gasteiger partial charge is 0.481 e. The minimum Gasteiger partial charge on any atom is -0.481 e. The summed E-state index contributed by atoms with van der Waals surface area (Å²) in [5, 5.41) is 9.08. The van der Waals surface area contributed by atoms with Gasteiger partial charge >= 0.3 is 5.97 Å². The predicted octanol–water partition coefficient (Wildman–Crippen LogP) is 0.712. The number of nitrogens with two attached hydrogens (primary N) is 1. The van der Waals surface area contributed by atoms with Gasteiger partial charge in [0.1, 0.15) is 11.7 Å². The molecule has 16 heavy (non-hydrogen) atoms. The quantitative estimate of drug-likeness (QED) is 0.691. The number of ketones is 1. The first-order valence-corrected chi connectivity index (χ1v) is 5.45. The van der Waals surface area contributed by atoms with E-state index in [1.54, 1.807) is 0 Å². The van der Waals surface area contributed by atoms with E-state index < -0.39 is 29.0 Å². The van der Waals surface area contributed by atoms with Crippen molar-refractivity contribution in [3.05, 3.63) is 0 Å². The van der Waals surface area contributed by atoms with Crippen molar-refractivity contribution in [2.45, 2.75) is 39.0 Å². The minimum absolute atomic E-state index is 0.402. The van der Waals surface area contributed by atoms with Crippen molar-refractivity contribution in [1.29, 1.82) is 0 Å². The zero-order valence-corrected chi connectivity index (χ0v) is 9.36. The Hall–Kier alpha value is -1.39. The number of carboxylic acids is 1. The number of carbonyl (C=O) groups is 3. The van der Waals surface area contributed by atoms with Gasteiger partial charge in [-0.3, -0.25) is 14.4 Å². The van der Waals surface area contributed by atoms with E-state index in [2.05, 4.69) is 0 Å². The summed E-state index contributed by atoms with van der Waals surface area (Å²) in [7, 11) is 0. The molecule has 1 saturated carbocycles. The van der Waals surface area contributed by atoms with Gasteiger partial charge in [0.2, 0.25) is 5.91 Å². The van der Waals surface area contributed by atoms with Crippen LogP contribution in [0.2, 0.25) is 0 Å². The third kappa shape index (κ3) is 2.08. The summed E-state index contributed by atoms with van der Waals surface area (Å²) >= 11 is 0. The average Bonchev–Trinajstić information content (AvgIpc) is 2.17. The third-order valence-electron chi connectivity index (χ3n) is 3.44. The van der Waals surface area contributed by atoms with Crippen molar-refractivity contribution in [2.24, 2.45) is 17.1 Å². The standard InChI is InChI=1S/C11H17NO4/c1-7(13)8(9(14)15)11(10(12)16)5-3-2-4-6-11/h8H,2-6H2,1H3,(H2,12,16)(H,14,15). The van der Waals surface area contributed by atoms with Crippen LogP contribution in [0.3, 0.4) is 0 Å². The van der Waals surface area contributed by atoms with Crippen LogP contribution in [0.1, 0.15) is 39.0 Å². The SMILES string of the molecule is CC(=O)C(C(=O)O)C1(C(N)=O)CCCCC1. The van der Waals surface area contributed by atoms with E-state index in [1.807, 2.05) is 0 Å². The molecule has 5 heteroatoms. The molecule has 1 rings (SSSR count). The fraction of sp³-hybridized carbons (Fsp3) is 0.727. The summed E-state index contributed by atoms with van der Waals surface area (Å²) in [6, 6.07) is 0. The molecule has 0 aromatic rings. The number of rotatable bonds is 4. The van der Waals surface area contributed by atoms with Gasteiger partial charge in [0, 0.05) is 0 Å². The molecule has 90 valence electrons. The molecule has 0 heterocycles. The molecule has 1 amide bonds. The van der Waals surface area contributed by atoms with Gasteiger partial charge in [0.25, 0.3) is 0 Å². The summed E-state index contributed by atoms with van der Waals surface area (Å²) in [6.45, 7) is 1.21. The molecule has 0 spiro atoms. The molecule has 1 aliphatic rings. The van der Waals surface area contributed by atoms with E-state index in [0.717, 1.165) is 19.3 Å². The highest BCUT2D eigenvalue weighted by atomic mass is 16.4. The van der Waals surface area contributed by atoms with Crippen molar-refractivity contribution in [1.82, 2.24) is 0 Å². The van der Waals surface area contributed by atoms with Crippen molar-refractivity contribution in [2.75, 3.05) is 0 Å². The highest BCUT2D eigenvalue weighted by Crippen LogP contribution is 2.43. The van der Waals surface area contributed by atoms with Gasteiger partial charge < -0.3 is 10.8 Å². The van der Waals surface area contributed by atoms with E-state index in [0.29, 0.717) is 12.8 Å². The molecule has 1 unspecified atom stereocenters. The number of aliphatic carboxylic acids is 1. The lowest BCUT2D eigenvalue weighted by atomic mass is 9.64. The van der Waals surface area contributed by atoms with Gasteiger partial charge in [-0.2, -0.15) is 0 Å². The molecule has 1 aliphatic carbocycles. The van der Waals surface area contributed by atoms with Crippen LogP contribution in [-0.4, -0.2) is 22.8 Å². The van der Waals surface area contributed by atoms with Crippen molar-refractivity contribution < 1.29 is 19.5 Å². The van der Waals surface area contributed by atoms with Crippen LogP contribution in [0.4, 0.5) is 0 Å².